The fourth-order valence-corrected chi connectivity index (χ4v) is 12.9. The molecular weight excluding hydrogens is 1560 g/mol. The minimum atomic E-state index is -4.81. The number of amidine groups is 1. The summed E-state index contributed by atoms with van der Waals surface area (Å²) < 4.78 is 185. The molecule has 14 rings (SSSR count). The molecule has 5 aromatic heterocycles. The number of nitrogens with zero attached hydrogens (tertiary/aromatic N) is 17. The van der Waals surface area contributed by atoms with Crippen molar-refractivity contribution in [3.8, 4) is 5.75 Å². The number of ether oxygens (including phenoxy) is 3. The topological polar surface area (TPSA) is 381 Å². The number of hydrogen-bond donors (Lipinski definition) is 4. The van der Waals surface area contributed by atoms with E-state index in [4.69, 9.17) is 25.2 Å². The molecule has 6 aliphatic heterocycles. The zero-order valence-electron chi connectivity index (χ0n) is 62.4. The van der Waals surface area contributed by atoms with Gasteiger partial charge in [0.1, 0.15) is 22.8 Å². The number of anilines is 5. The van der Waals surface area contributed by atoms with Crippen LogP contribution in [0, 0.1) is 40.8 Å². The molecule has 616 valence electrons. The molecule has 3 unspecified atom stereocenters. The highest BCUT2D eigenvalue weighted by Gasteiger charge is 2.46. The summed E-state index contributed by atoms with van der Waals surface area (Å²) in [5, 5.41) is 36.0. The first-order valence-electron chi connectivity index (χ1n) is 35.2. The lowest BCUT2D eigenvalue weighted by atomic mass is 10.1. The number of nitrogens with one attached hydrogen (secondary N) is 2. The summed E-state index contributed by atoms with van der Waals surface area (Å²) in [4.78, 5) is 103. The molecule has 8 amide bonds. The summed E-state index contributed by atoms with van der Waals surface area (Å²) >= 11 is 0. The van der Waals surface area contributed by atoms with Crippen molar-refractivity contribution in [1.29, 1.82) is 0 Å². The molecule has 6 aliphatic rings. The van der Waals surface area contributed by atoms with Crippen LogP contribution < -0.4 is 35.8 Å². The first-order chi connectivity index (χ1) is 53.9. The Kier molecular flexibility index (Phi) is 23.9. The van der Waals surface area contributed by atoms with E-state index in [0.29, 0.717) is 78.9 Å². The maximum atomic E-state index is 13.5. The van der Waals surface area contributed by atoms with Crippen LogP contribution in [0.4, 0.5) is 100 Å². The van der Waals surface area contributed by atoms with Crippen molar-refractivity contribution in [2.45, 2.75) is 174 Å². The number of amides is 8. The number of hydrogen-bond acceptors (Lipinski definition) is 21. The third-order valence-electron chi connectivity index (χ3n) is 18.5. The Morgan fingerprint density at radius 1 is 0.530 bits per heavy atom. The van der Waals surface area contributed by atoms with Gasteiger partial charge in [0.15, 0.2) is 46.6 Å². The number of carbonyl (C=O) groups is 7. The summed E-state index contributed by atoms with van der Waals surface area (Å²) in [5.41, 5.74) is 7.26. The lowest BCUT2D eigenvalue weighted by molar-refractivity contribution is -0.160. The standard InChI is InChI=1S/C21H17F6N7O3.C19H23F3N6O4.C17H26N6O4.C13H8F3NO2/c1-9-6-34-15(8-32(9)20(36)29-11-3-12(22)17(24)13(23)4-11)14(5-28-34)33-7-10(2-16(33)35)18-30-19(37-31-18)21(25,26)27;1-10-7-28-13(9-26(10)17(30)31-18(2,3)4)12(6-23-28)27-8-11(5-14(27)29)15-24-16(32-25-15)19(20,21)22;1-10-7-23-13(9-21(10)16(25)27-17(2,3)4)12(6-19-23)22-8-11(5-14(22)24)15(18)20-26;14-10-6-8(7-11(15)12(10)16)17-13(18)19-9-4-2-1-3-5-9/h3-5,9-10H,2,6-8H2,1H3,(H,29,36);6,10-11H,5,7-9H2,1-4H3;6,10-11,26H,5,7-9H2,1-4H3,(H2,18,20);1-7H,(H,17,18)/t9-,10?;2*10-,11?;/m000./s1. The summed E-state index contributed by atoms with van der Waals surface area (Å²) in [7, 11) is 0. The molecule has 115 heavy (non-hydrogen) atoms. The lowest BCUT2D eigenvalue weighted by Crippen LogP contribution is -2.47. The highest BCUT2D eigenvalue weighted by molar-refractivity contribution is 6.02. The number of aromatic nitrogens is 10. The maximum Gasteiger partial charge on any atom is 0.471 e. The fourth-order valence-electron chi connectivity index (χ4n) is 12.9. The number of fused-ring (bicyclic) bond motifs is 3. The second-order valence-electron chi connectivity index (χ2n) is 29.3. The number of halogens is 12. The van der Waals surface area contributed by atoms with E-state index in [1.807, 2.05) is 39.3 Å². The number of oxime groups is 1. The monoisotopic (exact) mass is 1630 g/mol. The van der Waals surface area contributed by atoms with E-state index in [0.717, 1.165) is 5.69 Å². The molecule has 0 saturated carbocycles. The Morgan fingerprint density at radius 2 is 0.896 bits per heavy atom. The Morgan fingerprint density at radius 3 is 1.27 bits per heavy atom. The maximum absolute atomic E-state index is 13.5. The van der Waals surface area contributed by atoms with Crippen molar-refractivity contribution in [3.05, 3.63) is 149 Å². The molecular formula is C70H74F12N20O13. The van der Waals surface area contributed by atoms with Gasteiger partial charge in [-0.15, -0.1) is 0 Å². The molecule has 11 heterocycles. The highest BCUT2D eigenvalue weighted by atomic mass is 19.4. The average Bonchev–Trinajstić information content (AvgIpc) is 1.63. The van der Waals surface area contributed by atoms with E-state index in [-0.39, 0.29) is 116 Å². The van der Waals surface area contributed by atoms with Gasteiger partial charge >= 0.3 is 48.4 Å². The van der Waals surface area contributed by atoms with Gasteiger partial charge in [-0.2, -0.15) is 51.6 Å². The Hall–Kier alpha value is -12.5. The number of alkyl halides is 6. The molecule has 3 fully saturated rings. The van der Waals surface area contributed by atoms with E-state index < -0.39 is 118 Å². The molecule has 0 spiro atoms. The van der Waals surface area contributed by atoms with Crippen LogP contribution in [0.2, 0.25) is 0 Å². The predicted octanol–water partition coefficient (Wildman–Crippen LogP) is 11.4. The van der Waals surface area contributed by atoms with Gasteiger partial charge in [0.05, 0.1) is 116 Å². The van der Waals surface area contributed by atoms with Gasteiger partial charge in [-0.3, -0.25) is 43.5 Å². The fraction of sp³-hybridized carbons (Fsp3) is 0.443. The summed E-state index contributed by atoms with van der Waals surface area (Å²) in [6, 6.07) is 9.30. The average molecular weight is 1630 g/mol. The smallest absolute Gasteiger partial charge is 0.444 e. The minimum absolute atomic E-state index is 0.0375. The zero-order valence-corrected chi connectivity index (χ0v) is 62.4. The molecule has 8 aromatic rings. The van der Waals surface area contributed by atoms with Crippen LogP contribution in [0.1, 0.15) is 134 Å². The van der Waals surface area contributed by atoms with Crippen LogP contribution in [-0.2, 0) is 75.5 Å². The van der Waals surface area contributed by atoms with Gasteiger partial charge in [-0.25, -0.2) is 45.5 Å². The van der Waals surface area contributed by atoms with E-state index >= 15 is 0 Å². The van der Waals surface area contributed by atoms with Gasteiger partial charge in [0, 0.05) is 86.6 Å². The summed E-state index contributed by atoms with van der Waals surface area (Å²) in [6.45, 7) is 18.3. The molecule has 5 N–H and O–H groups in total. The summed E-state index contributed by atoms with van der Waals surface area (Å²) in [6.07, 6.45) is -6.85. The SMILES string of the molecule is C[C@H]1Cn2ncc(N3CC(C(N)=NO)CC3=O)c2CN1C(=O)OC(C)(C)C.C[C@H]1Cn2ncc(N3CC(c4noc(C(F)(F)F)n4)CC3=O)c2CN1C(=O)Nc1cc(F)c(F)c(F)c1.C[C@H]1Cn2ncc(N3CC(c4noc(C(F)(F)F)n4)CC3=O)c2CN1C(=O)OC(C)(C)C.O=C(Nc1cc(F)c(F)c(F)c1)Oc1ccccc1. The molecule has 3 aromatic carbocycles. The van der Waals surface area contributed by atoms with Crippen LogP contribution in [0.5, 0.6) is 5.75 Å². The van der Waals surface area contributed by atoms with Crippen LogP contribution >= 0.6 is 0 Å². The molecule has 45 heteroatoms. The quantitative estimate of drug-likeness (QED) is 0.0260. The molecule has 0 bridgehead atoms. The van der Waals surface area contributed by atoms with Crippen LogP contribution in [-0.4, -0.2) is 166 Å². The van der Waals surface area contributed by atoms with Gasteiger partial charge in [0.2, 0.25) is 17.7 Å². The van der Waals surface area contributed by atoms with Gasteiger partial charge in [-0.05, 0) is 74.4 Å². The number of rotatable bonds is 9. The third kappa shape index (κ3) is 19.2. The molecule has 6 atom stereocenters. The summed E-state index contributed by atoms with van der Waals surface area (Å²) in [5.74, 6) is -14.6. The number of urea groups is 1. The molecule has 33 nitrogen and oxygen atoms in total. The number of nitrogens with two attached hydrogens (primary N) is 1. The number of carbonyl (C=O) groups excluding carboxylic acids is 7. The Labute approximate surface area is 643 Å². The van der Waals surface area contributed by atoms with Crippen molar-refractivity contribution < 1.29 is 115 Å². The second-order valence-corrected chi connectivity index (χ2v) is 29.3. The normalized spacial score (nSPS) is 19.7. The van der Waals surface area contributed by atoms with Crippen molar-refractivity contribution >= 4 is 76.3 Å². The molecule has 3 saturated heterocycles. The largest absolute Gasteiger partial charge is 0.471 e. The van der Waals surface area contributed by atoms with Gasteiger partial charge in [-0.1, -0.05) is 33.7 Å². The third-order valence-corrected chi connectivity index (χ3v) is 18.5. The van der Waals surface area contributed by atoms with Crippen LogP contribution in [0.3, 0.4) is 0 Å². The van der Waals surface area contributed by atoms with Crippen LogP contribution in [0.25, 0.3) is 0 Å². The van der Waals surface area contributed by atoms with E-state index in [2.05, 4.69) is 60.4 Å². The van der Waals surface area contributed by atoms with Gasteiger partial charge < -0.3 is 59.1 Å². The highest BCUT2D eigenvalue weighted by Crippen LogP contribution is 2.40. The second kappa shape index (κ2) is 32.9. The van der Waals surface area contributed by atoms with Gasteiger partial charge in [0.25, 0.3) is 0 Å². The van der Waals surface area contributed by atoms with Crippen molar-refractivity contribution in [2.24, 2.45) is 16.8 Å². The number of para-hydroxylation sites is 1. The van der Waals surface area contributed by atoms with E-state index in [9.17, 15) is 86.2 Å². The zero-order chi connectivity index (χ0) is 83.8. The molecule has 0 radical (unpaired) electrons. The Balaban J connectivity index is 0.000000155. The predicted molar refractivity (Wildman–Crippen MR) is 374 cm³/mol. The van der Waals surface area contributed by atoms with Crippen molar-refractivity contribution in [2.75, 3.05) is 45.0 Å². The van der Waals surface area contributed by atoms with Crippen LogP contribution in [0.15, 0.2) is 87.4 Å². The van der Waals surface area contributed by atoms with E-state index in [1.54, 1.807) is 76.2 Å². The Bertz CT molecular complexity index is 4970. The molecule has 0 aliphatic carbocycles. The number of benzene rings is 3. The first kappa shape index (κ1) is 83.4. The van der Waals surface area contributed by atoms with Crippen molar-refractivity contribution in [3.63, 3.8) is 0 Å². The minimum Gasteiger partial charge on any atom is -0.444 e. The lowest BCUT2D eigenvalue weighted by Gasteiger charge is -2.36. The first-order valence-corrected chi connectivity index (χ1v) is 35.2. The van der Waals surface area contributed by atoms with Crippen molar-refractivity contribution in [1.82, 2.24) is 64.3 Å². The van der Waals surface area contributed by atoms with E-state index in [1.165, 1.54) is 39.2 Å².